The van der Waals surface area contributed by atoms with Gasteiger partial charge in [0, 0.05) is 17.6 Å². The van der Waals surface area contributed by atoms with Gasteiger partial charge in [-0.3, -0.25) is 9.78 Å². The summed E-state index contributed by atoms with van der Waals surface area (Å²) < 4.78 is 13.0. The van der Waals surface area contributed by atoms with Crippen LogP contribution in [0, 0.1) is 12.7 Å². The predicted octanol–water partition coefficient (Wildman–Crippen LogP) is 2.99. The molecule has 25 heavy (non-hydrogen) atoms. The molecule has 7 heteroatoms. The number of amides is 1. The van der Waals surface area contributed by atoms with Gasteiger partial charge in [-0.1, -0.05) is 6.07 Å². The van der Waals surface area contributed by atoms with Gasteiger partial charge in [0.15, 0.2) is 0 Å². The lowest BCUT2D eigenvalue weighted by Crippen LogP contribution is -2.24. The summed E-state index contributed by atoms with van der Waals surface area (Å²) in [6.07, 6.45) is 1.67. The molecule has 3 aromatic rings. The Morgan fingerprint density at radius 3 is 2.64 bits per heavy atom. The van der Waals surface area contributed by atoms with Crippen molar-refractivity contribution in [2.45, 2.75) is 13.5 Å². The molecule has 2 heterocycles. The Hall–Kier alpha value is -3.35. The maximum Gasteiger partial charge on any atom is 0.270 e. The minimum absolute atomic E-state index is 0.244. The van der Waals surface area contributed by atoms with Crippen molar-refractivity contribution in [2.24, 2.45) is 0 Å². The van der Waals surface area contributed by atoms with E-state index in [1.165, 1.54) is 12.1 Å². The molecular formula is C18H16FN5O. The third-order valence-electron chi connectivity index (χ3n) is 3.34. The van der Waals surface area contributed by atoms with Crippen LogP contribution < -0.4 is 10.6 Å². The fourth-order valence-electron chi connectivity index (χ4n) is 2.17. The first-order chi connectivity index (χ1) is 12.1. The average molecular weight is 337 g/mol. The number of aryl methyl sites for hydroxylation is 1. The number of nitrogens with zero attached hydrogens (tertiary/aromatic N) is 3. The molecular weight excluding hydrogens is 321 g/mol. The fourth-order valence-corrected chi connectivity index (χ4v) is 2.17. The van der Waals surface area contributed by atoms with Crippen LogP contribution in [-0.2, 0) is 6.54 Å². The summed E-state index contributed by atoms with van der Waals surface area (Å²) >= 11 is 0. The van der Waals surface area contributed by atoms with Gasteiger partial charge >= 0.3 is 0 Å². The van der Waals surface area contributed by atoms with Gasteiger partial charge in [-0.25, -0.2) is 14.4 Å². The first-order valence-corrected chi connectivity index (χ1v) is 7.66. The number of benzene rings is 1. The maximum atomic E-state index is 13.0. The van der Waals surface area contributed by atoms with Crippen LogP contribution in [0.2, 0.25) is 0 Å². The van der Waals surface area contributed by atoms with Gasteiger partial charge in [0.1, 0.15) is 11.5 Å². The molecule has 0 aliphatic heterocycles. The van der Waals surface area contributed by atoms with Crippen LogP contribution in [0.1, 0.15) is 21.9 Å². The largest absolute Gasteiger partial charge is 0.345 e. The van der Waals surface area contributed by atoms with Gasteiger partial charge in [0.2, 0.25) is 5.95 Å². The van der Waals surface area contributed by atoms with Gasteiger partial charge in [-0.05, 0) is 49.4 Å². The number of nitrogens with one attached hydrogen (secondary N) is 2. The number of halogens is 1. The third-order valence-corrected chi connectivity index (χ3v) is 3.34. The van der Waals surface area contributed by atoms with E-state index < -0.39 is 0 Å². The number of anilines is 2. The topological polar surface area (TPSA) is 79.8 Å². The number of carbonyl (C=O) groups is 1. The number of hydrogen-bond acceptors (Lipinski definition) is 5. The van der Waals surface area contributed by atoms with Crippen molar-refractivity contribution in [3.63, 3.8) is 0 Å². The number of carbonyl (C=O) groups excluding carboxylic acids is 1. The zero-order valence-corrected chi connectivity index (χ0v) is 13.5. The summed E-state index contributed by atoms with van der Waals surface area (Å²) in [5, 5.41) is 5.73. The predicted molar refractivity (Wildman–Crippen MR) is 91.9 cm³/mol. The van der Waals surface area contributed by atoms with Crippen LogP contribution in [0.25, 0.3) is 0 Å². The monoisotopic (exact) mass is 337 g/mol. The molecule has 2 N–H and O–H groups in total. The standard InChI is InChI=1S/C18H16FN5O/c1-12-10-16(17(25)21-11-15-4-2-3-9-20-15)24-18(22-12)23-14-7-5-13(19)6-8-14/h2-10H,11H2,1H3,(H,21,25)(H,22,23,24). The Kier molecular flexibility index (Phi) is 4.94. The Bertz CT molecular complexity index is 868. The Morgan fingerprint density at radius 2 is 1.92 bits per heavy atom. The molecule has 0 fully saturated rings. The van der Waals surface area contributed by atoms with Crippen molar-refractivity contribution in [1.29, 1.82) is 0 Å². The average Bonchev–Trinajstić information content (AvgIpc) is 2.62. The van der Waals surface area contributed by atoms with Gasteiger partial charge in [0.05, 0.1) is 12.2 Å². The molecule has 0 bridgehead atoms. The van der Waals surface area contributed by atoms with E-state index in [4.69, 9.17) is 0 Å². The molecule has 0 atom stereocenters. The van der Waals surface area contributed by atoms with Crippen molar-refractivity contribution >= 4 is 17.5 Å². The molecule has 1 aromatic carbocycles. The van der Waals surface area contributed by atoms with E-state index >= 15 is 0 Å². The normalized spacial score (nSPS) is 10.3. The van der Waals surface area contributed by atoms with Crippen LogP contribution in [-0.4, -0.2) is 20.9 Å². The van der Waals surface area contributed by atoms with Gasteiger partial charge in [-0.15, -0.1) is 0 Å². The third kappa shape index (κ3) is 4.57. The number of pyridine rings is 1. The van der Waals surface area contributed by atoms with E-state index in [9.17, 15) is 9.18 Å². The molecule has 0 unspecified atom stereocenters. The number of hydrogen-bond donors (Lipinski definition) is 2. The van der Waals surface area contributed by atoms with Crippen molar-refractivity contribution in [1.82, 2.24) is 20.3 Å². The Labute approximate surface area is 144 Å². The second-order valence-electron chi connectivity index (χ2n) is 5.35. The van der Waals surface area contributed by atoms with Crippen molar-refractivity contribution in [3.05, 3.63) is 77.6 Å². The molecule has 6 nitrogen and oxygen atoms in total. The zero-order chi connectivity index (χ0) is 17.6. The number of aromatic nitrogens is 3. The Morgan fingerprint density at radius 1 is 1.12 bits per heavy atom. The molecule has 0 saturated heterocycles. The molecule has 0 saturated carbocycles. The van der Waals surface area contributed by atoms with Crippen LogP contribution in [0.15, 0.2) is 54.7 Å². The van der Waals surface area contributed by atoms with E-state index in [0.29, 0.717) is 17.9 Å². The SMILES string of the molecule is Cc1cc(C(=O)NCc2ccccn2)nc(Nc2ccc(F)cc2)n1. The minimum atomic E-state index is -0.328. The highest BCUT2D eigenvalue weighted by Gasteiger charge is 2.11. The van der Waals surface area contributed by atoms with E-state index in [1.807, 2.05) is 18.2 Å². The molecule has 126 valence electrons. The van der Waals surface area contributed by atoms with Gasteiger partial charge in [-0.2, -0.15) is 0 Å². The lowest BCUT2D eigenvalue weighted by Gasteiger charge is -2.09. The highest BCUT2D eigenvalue weighted by molar-refractivity contribution is 5.92. The summed E-state index contributed by atoms with van der Waals surface area (Å²) in [5.74, 6) is -0.377. The molecule has 1 amide bonds. The second-order valence-corrected chi connectivity index (χ2v) is 5.35. The van der Waals surface area contributed by atoms with Gasteiger partial charge in [0.25, 0.3) is 5.91 Å². The van der Waals surface area contributed by atoms with Crippen LogP contribution in [0.3, 0.4) is 0 Å². The molecule has 0 spiro atoms. The van der Waals surface area contributed by atoms with E-state index in [-0.39, 0.29) is 23.4 Å². The molecule has 3 rings (SSSR count). The fraction of sp³-hybridized carbons (Fsp3) is 0.111. The highest BCUT2D eigenvalue weighted by Crippen LogP contribution is 2.14. The van der Waals surface area contributed by atoms with Crippen LogP contribution in [0.5, 0.6) is 0 Å². The Balaban J connectivity index is 1.72. The lowest BCUT2D eigenvalue weighted by atomic mass is 10.3. The number of rotatable bonds is 5. The second kappa shape index (κ2) is 7.48. The summed E-state index contributed by atoms with van der Waals surface area (Å²) in [5.41, 5.74) is 2.27. The molecule has 0 radical (unpaired) electrons. The zero-order valence-electron chi connectivity index (χ0n) is 13.5. The quantitative estimate of drug-likeness (QED) is 0.748. The smallest absolute Gasteiger partial charge is 0.270 e. The van der Waals surface area contributed by atoms with Crippen molar-refractivity contribution in [3.8, 4) is 0 Å². The van der Waals surface area contributed by atoms with Crippen LogP contribution in [0.4, 0.5) is 16.0 Å². The van der Waals surface area contributed by atoms with Crippen molar-refractivity contribution in [2.75, 3.05) is 5.32 Å². The molecule has 2 aromatic heterocycles. The first kappa shape index (κ1) is 16.5. The summed E-state index contributed by atoms with van der Waals surface area (Å²) in [7, 11) is 0. The molecule has 0 aliphatic carbocycles. The van der Waals surface area contributed by atoms with E-state index in [0.717, 1.165) is 5.69 Å². The minimum Gasteiger partial charge on any atom is -0.345 e. The molecule has 0 aliphatic rings. The van der Waals surface area contributed by atoms with E-state index in [1.54, 1.807) is 31.3 Å². The first-order valence-electron chi connectivity index (χ1n) is 7.66. The van der Waals surface area contributed by atoms with E-state index in [2.05, 4.69) is 25.6 Å². The summed E-state index contributed by atoms with van der Waals surface area (Å²) in [6.45, 7) is 2.08. The van der Waals surface area contributed by atoms with Crippen LogP contribution >= 0.6 is 0 Å². The lowest BCUT2D eigenvalue weighted by molar-refractivity contribution is 0.0945. The highest BCUT2D eigenvalue weighted by atomic mass is 19.1. The summed E-state index contributed by atoms with van der Waals surface area (Å²) in [6, 6.07) is 12.9. The maximum absolute atomic E-state index is 13.0. The summed E-state index contributed by atoms with van der Waals surface area (Å²) in [4.78, 5) is 24.9. The van der Waals surface area contributed by atoms with Crippen molar-refractivity contribution < 1.29 is 9.18 Å². The van der Waals surface area contributed by atoms with Gasteiger partial charge < -0.3 is 10.6 Å².